The van der Waals surface area contributed by atoms with E-state index in [-0.39, 0.29) is 62.5 Å². The maximum Gasteiger partial charge on any atom is 0.407 e. The lowest BCUT2D eigenvalue weighted by molar-refractivity contribution is -0.142. The van der Waals surface area contributed by atoms with Gasteiger partial charge in [-0.1, -0.05) is 49.3 Å². The number of fused-ring (bicyclic) bond motifs is 2. The minimum absolute atomic E-state index is 0.0146. The summed E-state index contributed by atoms with van der Waals surface area (Å²) in [5, 5.41) is 21.8. The summed E-state index contributed by atoms with van der Waals surface area (Å²) in [6, 6.07) is 12.9. The second kappa shape index (κ2) is 16.2. The van der Waals surface area contributed by atoms with Gasteiger partial charge in [0.15, 0.2) is 11.9 Å². The van der Waals surface area contributed by atoms with E-state index in [0.29, 0.717) is 29.7 Å². The number of hydrogen-bond donors (Lipinski definition) is 3. The first kappa shape index (κ1) is 35.7. The summed E-state index contributed by atoms with van der Waals surface area (Å²) < 4.78 is 56.6. The van der Waals surface area contributed by atoms with E-state index >= 15 is 0 Å². The fraction of sp³-hybridized carbons (Fsp3) is 0.545. The topological polar surface area (TPSA) is 179 Å². The predicted molar refractivity (Wildman–Crippen MR) is 173 cm³/mol. The number of esters is 1. The van der Waals surface area contributed by atoms with Crippen molar-refractivity contribution < 1.29 is 46.6 Å². The molecule has 5 rings (SSSR count). The van der Waals surface area contributed by atoms with Gasteiger partial charge in [0.2, 0.25) is 10.0 Å². The second-order valence-electron chi connectivity index (χ2n) is 12.4. The van der Waals surface area contributed by atoms with Crippen molar-refractivity contribution in [2.24, 2.45) is 11.8 Å². The number of ether oxygens (including phenoxy) is 4. The summed E-state index contributed by atoms with van der Waals surface area (Å²) >= 11 is 0. The fourth-order valence-corrected chi connectivity index (χ4v) is 7.58. The Bertz CT molecular complexity index is 1630. The first-order valence-electron chi connectivity index (χ1n) is 16.2. The standard InChI is InChI=1S/C33H44N4O10S/c1-4-43-31(39)17-34-16-27-25-15-23(10-11-29(25)47-36-27)48(41,42)37(18-21(2)3)19-28(38)26(14-22-8-6-5-7-9-22)35-33(40)46-30-20-45-32-24(30)12-13-44-32/h5-11,15,21,24,26,28,30,32,34,38H,4,12-14,16-20H2,1-3H3,(H,35,40)/t24-,26-,28+,30?,32+/m0/s1. The van der Waals surface area contributed by atoms with Crippen molar-refractivity contribution >= 4 is 33.1 Å². The highest BCUT2D eigenvalue weighted by Crippen LogP contribution is 2.33. The summed E-state index contributed by atoms with van der Waals surface area (Å²) in [5.41, 5.74) is 1.65. The number of amides is 1. The molecule has 262 valence electrons. The molecule has 3 heterocycles. The van der Waals surface area contributed by atoms with E-state index in [1.54, 1.807) is 6.92 Å². The molecule has 1 unspecified atom stereocenters. The van der Waals surface area contributed by atoms with E-state index < -0.39 is 46.6 Å². The number of carbonyl (C=O) groups excluding carboxylic acids is 2. The van der Waals surface area contributed by atoms with Crippen molar-refractivity contribution in [1.82, 2.24) is 20.1 Å². The second-order valence-corrected chi connectivity index (χ2v) is 14.3. The lowest BCUT2D eigenvalue weighted by atomic mass is 10.0. The average molecular weight is 689 g/mol. The third-order valence-corrected chi connectivity index (χ3v) is 10.1. The van der Waals surface area contributed by atoms with Crippen LogP contribution in [0.25, 0.3) is 11.0 Å². The number of aliphatic hydroxyl groups excluding tert-OH is 1. The first-order valence-corrected chi connectivity index (χ1v) is 17.7. The molecule has 14 nitrogen and oxygen atoms in total. The van der Waals surface area contributed by atoms with Crippen LogP contribution in [0.4, 0.5) is 4.79 Å². The molecule has 0 radical (unpaired) electrons. The number of sulfonamides is 1. The molecular formula is C33H44N4O10S. The summed E-state index contributed by atoms with van der Waals surface area (Å²) in [5.74, 6) is -0.561. The van der Waals surface area contributed by atoms with Crippen molar-refractivity contribution in [1.29, 1.82) is 0 Å². The van der Waals surface area contributed by atoms with Crippen molar-refractivity contribution in [3.8, 4) is 0 Å². The molecule has 48 heavy (non-hydrogen) atoms. The third kappa shape index (κ3) is 8.89. The Hall–Kier alpha value is -3.60. The number of rotatable bonds is 16. The molecule has 0 aliphatic carbocycles. The molecule has 1 aromatic heterocycles. The highest BCUT2D eigenvalue weighted by atomic mass is 32.2. The number of alkyl carbamates (subject to hydrolysis) is 1. The normalized spacial score (nSPS) is 20.6. The van der Waals surface area contributed by atoms with E-state index in [1.807, 2.05) is 44.2 Å². The first-order chi connectivity index (χ1) is 23.0. The van der Waals surface area contributed by atoms with E-state index in [0.717, 1.165) is 5.56 Å². The van der Waals surface area contributed by atoms with Gasteiger partial charge in [-0.15, -0.1) is 0 Å². The van der Waals surface area contributed by atoms with Gasteiger partial charge >= 0.3 is 12.1 Å². The van der Waals surface area contributed by atoms with Gasteiger partial charge in [-0.05, 0) is 49.4 Å². The van der Waals surface area contributed by atoms with Crippen LogP contribution >= 0.6 is 0 Å². The number of benzene rings is 2. The molecule has 5 atom stereocenters. The van der Waals surface area contributed by atoms with Gasteiger partial charge in [0.1, 0.15) is 11.8 Å². The van der Waals surface area contributed by atoms with Crippen LogP contribution in [0.1, 0.15) is 38.4 Å². The maximum atomic E-state index is 14.1. The summed E-state index contributed by atoms with van der Waals surface area (Å²) in [4.78, 5) is 24.8. The van der Waals surface area contributed by atoms with Gasteiger partial charge in [-0.2, -0.15) is 4.31 Å². The number of nitrogens with one attached hydrogen (secondary N) is 2. The van der Waals surface area contributed by atoms with Crippen LogP contribution in [-0.4, -0.2) is 99.0 Å². The molecule has 3 aromatic rings. The predicted octanol–water partition coefficient (Wildman–Crippen LogP) is 2.59. The molecule has 3 N–H and O–H groups in total. The molecule has 2 saturated heterocycles. The number of nitrogens with zero attached hydrogens (tertiary/aromatic N) is 2. The van der Waals surface area contributed by atoms with Crippen LogP contribution in [0.2, 0.25) is 0 Å². The van der Waals surface area contributed by atoms with E-state index in [2.05, 4.69) is 15.8 Å². The average Bonchev–Trinajstić information content (AvgIpc) is 3.78. The van der Waals surface area contributed by atoms with Gasteiger partial charge in [-0.3, -0.25) is 4.79 Å². The number of carbonyl (C=O) groups is 2. The zero-order chi connectivity index (χ0) is 34.3. The SMILES string of the molecule is CCOC(=O)CNCc1noc2ccc(S(=O)(=O)N(CC(C)C)C[C@@H](O)[C@H](Cc3ccccc3)NC(=O)OC3CO[C@H]4OCC[C@@H]34)cc12. The number of hydrogen-bond acceptors (Lipinski definition) is 12. The zero-order valence-electron chi connectivity index (χ0n) is 27.4. The molecule has 15 heteroatoms. The minimum atomic E-state index is -4.15. The maximum absolute atomic E-state index is 14.1. The Morgan fingerprint density at radius 3 is 2.67 bits per heavy atom. The minimum Gasteiger partial charge on any atom is -0.465 e. The Labute approximate surface area is 280 Å². The fourth-order valence-electron chi connectivity index (χ4n) is 5.94. The Kier molecular flexibility index (Phi) is 12.0. The Morgan fingerprint density at radius 2 is 1.92 bits per heavy atom. The van der Waals surface area contributed by atoms with Crippen LogP contribution in [0.15, 0.2) is 57.9 Å². The molecular weight excluding hydrogens is 644 g/mol. The van der Waals surface area contributed by atoms with Crippen molar-refractivity contribution in [3.63, 3.8) is 0 Å². The Morgan fingerprint density at radius 1 is 1.12 bits per heavy atom. The van der Waals surface area contributed by atoms with Crippen LogP contribution in [0.5, 0.6) is 0 Å². The monoisotopic (exact) mass is 688 g/mol. The van der Waals surface area contributed by atoms with E-state index in [1.165, 1.54) is 22.5 Å². The lowest BCUT2D eigenvalue weighted by Crippen LogP contribution is -2.51. The molecule has 0 saturated carbocycles. The van der Waals surface area contributed by atoms with Crippen LogP contribution in [0, 0.1) is 11.8 Å². The van der Waals surface area contributed by atoms with Gasteiger partial charge in [0.25, 0.3) is 0 Å². The van der Waals surface area contributed by atoms with Gasteiger partial charge < -0.3 is 39.2 Å². The molecule has 2 aliphatic heterocycles. The zero-order valence-corrected chi connectivity index (χ0v) is 28.2. The number of aromatic nitrogens is 1. The van der Waals surface area contributed by atoms with E-state index in [9.17, 15) is 23.1 Å². The van der Waals surface area contributed by atoms with E-state index in [4.69, 9.17) is 23.5 Å². The van der Waals surface area contributed by atoms with Crippen molar-refractivity contribution in [2.45, 2.75) is 69.6 Å². The van der Waals surface area contributed by atoms with Gasteiger partial charge in [0.05, 0.1) is 49.3 Å². The summed E-state index contributed by atoms with van der Waals surface area (Å²) in [7, 11) is -4.15. The van der Waals surface area contributed by atoms with Crippen LogP contribution < -0.4 is 10.6 Å². The molecule has 0 bridgehead atoms. The lowest BCUT2D eigenvalue weighted by Gasteiger charge is -2.31. The van der Waals surface area contributed by atoms with Crippen molar-refractivity contribution in [3.05, 3.63) is 59.8 Å². The van der Waals surface area contributed by atoms with Gasteiger partial charge in [-0.25, -0.2) is 13.2 Å². The molecule has 2 aromatic carbocycles. The van der Waals surface area contributed by atoms with Crippen LogP contribution in [-0.2, 0) is 46.7 Å². The molecule has 2 aliphatic rings. The van der Waals surface area contributed by atoms with Crippen molar-refractivity contribution in [2.75, 3.05) is 39.5 Å². The quantitative estimate of drug-likeness (QED) is 0.188. The van der Waals surface area contributed by atoms with Gasteiger partial charge in [0, 0.05) is 25.0 Å². The summed E-state index contributed by atoms with van der Waals surface area (Å²) in [6.07, 6.45) is -1.95. The largest absolute Gasteiger partial charge is 0.465 e. The number of aliphatic hydroxyl groups is 1. The highest BCUT2D eigenvalue weighted by molar-refractivity contribution is 7.89. The third-order valence-electron chi connectivity index (χ3n) is 8.29. The smallest absolute Gasteiger partial charge is 0.407 e. The molecule has 1 amide bonds. The Balaban J connectivity index is 1.33. The van der Waals surface area contributed by atoms with Crippen LogP contribution in [0.3, 0.4) is 0 Å². The summed E-state index contributed by atoms with van der Waals surface area (Å²) in [6.45, 7) is 6.41. The molecule has 2 fully saturated rings. The highest BCUT2D eigenvalue weighted by Gasteiger charge is 2.44. The molecule has 0 spiro atoms.